The summed E-state index contributed by atoms with van der Waals surface area (Å²) in [5.74, 6) is 0.884. The monoisotopic (exact) mass is 455 g/mol. The molecule has 0 aliphatic carbocycles. The van der Waals surface area contributed by atoms with Crippen LogP contribution in [-0.2, 0) is 20.0 Å². The number of hydrogen-bond acceptors (Lipinski definition) is 5. The average Bonchev–Trinajstić information content (AvgIpc) is 3.18. The van der Waals surface area contributed by atoms with Gasteiger partial charge in [0.1, 0.15) is 11.3 Å². The summed E-state index contributed by atoms with van der Waals surface area (Å²) in [4.78, 5) is 25.9. The molecule has 0 fully saturated rings. The van der Waals surface area contributed by atoms with Crippen molar-refractivity contribution in [1.82, 2.24) is 24.3 Å². The number of carbonyl (C=O) groups excluding carboxylic acids is 1. The van der Waals surface area contributed by atoms with E-state index in [0.29, 0.717) is 5.56 Å². The minimum atomic E-state index is -0.0147. The molecule has 1 aliphatic rings. The SMILES string of the molecule is COc1cc(-c2cnc3c(n2)c(-c2ccc(C(=O)N(C)C)cc2)cn3C)cc2c1CN(C)CC2. The lowest BCUT2D eigenvalue weighted by Crippen LogP contribution is -2.27. The van der Waals surface area contributed by atoms with Gasteiger partial charge in [0.2, 0.25) is 0 Å². The standard InChI is InChI=1S/C27H29N5O2/c1-30(2)27(33)18-8-6-17(7-9-18)22-16-32(4)26-25(22)29-23(14-28-26)20-12-19-10-11-31(3)15-21(19)24(13-20)34-5/h6-9,12-14,16H,10-11,15H2,1-5H3. The highest BCUT2D eigenvalue weighted by atomic mass is 16.5. The van der Waals surface area contributed by atoms with Gasteiger partial charge >= 0.3 is 0 Å². The predicted octanol–water partition coefficient (Wildman–Crippen LogP) is 4.00. The van der Waals surface area contributed by atoms with E-state index in [2.05, 4.69) is 24.1 Å². The second-order valence-corrected chi connectivity index (χ2v) is 9.16. The van der Waals surface area contributed by atoms with Crippen molar-refractivity contribution in [3.05, 3.63) is 65.5 Å². The Labute approximate surface area is 199 Å². The fraction of sp³-hybridized carbons (Fsp3) is 0.296. The Morgan fingerprint density at radius 2 is 1.85 bits per heavy atom. The summed E-state index contributed by atoms with van der Waals surface area (Å²) in [5.41, 5.74) is 8.69. The lowest BCUT2D eigenvalue weighted by atomic mass is 9.95. The van der Waals surface area contributed by atoms with Gasteiger partial charge in [-0.15, -0.1) is 0 Å². The number of benzene rings is 2. The quantitative estimate of drug-likeness (QED) is 0.465. The van der Waals surface area contributed by atoms with Crippen LogP contribution in [0, 0.1) is 0 Å². The highest BCUT2D eigenvalue weighted by Gasteiger charge is 2.20. The summed E-state index contributed by atoms with van der Waals surface area (Å²) in [6.07, 6.45) is 4.86. The Morgan fingerprint density at radius 3 is 2.56 bits per heavy atom. The second-order valence-electron chi connectivity index (χ2n) is 9.16. The first kappa shape index (κ1) is 22.1. The van der Waals surface area contributed by atoms with Gasteiger partial charge in [-0.3, -0.25) is 4.79 Å². The van der Waals surface area contributed by atoms with Crippen LogP contribution in [-0.4, -0.2) is 65.0 Å². The van der Waals surface area contributed by atoms with E-state index in [-0.39, 0.29) is 5.91 Å². The highest BCUT2D eigenvalue weighted by Crippen LogP contribution is 2.35. The number of fused-ring (bicyclic) bond motifs is 2. The van der Waals surface area contributed by atoms with E-state index in [1.807, 2.05) is 48.3 Å². The topological polar surface area (TPSA) is 63.5 Å². The van der Waals surface area contributed by atoms with Crippen LogP contribution in [0.15, 0.2) is 48.8 Å². The van der Waals surface area contributed by atoms with Crippen molar-refractivity contribution in [2.75, 3.05) is 34.8 Å². The average molecular weight is 456 g/mol. The first-order chi connectivity index (χ1) is 16.4. The van der Waals surface area contributed by atoms with E-state index in [4.69, 9.17) is 14.7 Å². The number of amides is 1. The van der Waals surface area contributed by atoms with Crippen molar-refractivity contribution < 1.29 is 9.53 Å². The van der Waals surface area contributed by atoms with Crippen molar-refractivity contribution in [3.8, 4) is 28.1 Å². The van der Waals surface area contributed by atoms with E-state index in [9.17, 15) is 4.79 Å². The molecule has 174 valence electrons. The zero-order valence-electron chi connectivity index (χ0n) is 20.3. The lowest BCUT2D eigenvalue weighted by molar-refractivity contribution is 0.0827. The molecule has 0 bridgehead atoms. The summed E-state index contributed by atoms with van der Waals surface area (Å²) >= 11 is 0. The molecule has 0 radical (unpaired) electrons. The molecule has 5 rings (SSSR count). The van der Waals surface area contributed by atoms with Crippen LogP contribution in [0.3, 0.4) is 0 Å². The van der Waals surface area contributed by atoms with Crippen LogP contribution < -0.4 is 4.74 Å². The number of carbonyl (C=O) groups is 1. The Balaban J connectivity index is 1.58. The molecule has 0 unspecified atom stereocenters. The largest absolute Gasteiger partial charge is 0.496 e. The molecule has 0 saturated carbocycles. The number of aromatic nitrogens is 3. The maximum atomic E-state index is 12.3. The zero-order valence-corrected chi connectivity index (χ0v) is 20.3. The maximum Gasteiger partial charge on any atom is 0.253 e. The van der Waals surface area contributed by atoms with Crippen LogP contribution in [0.5, 0.6) is 5.75 Å². The molecule has 0 saturated heterocycles. The molecule has 2 aromatic heterocycles. The Hall–Kier alpha value is -3.71. The molecule has 0 spiro atoms. The predicted molar refractivity (Wildman–Crippen MR) is 134 cm³/mol. The molecule has 7 nitrogen and oxygen atoms in total. The van der Waals surface area contributed by atoms with Gasteiger partial charge in [0.25, 0.3) is 5.91 Å². The van der Waals surface area contributed by atoms with Crippen LogP contribution in [0.25, 0.3) is 33.5 Å². The Bertz CT molecular complexity index is 1370. The minimum absolute atomic E-state index is 0.0147. The zero-order chi connectivity index (χ0) is 24.0. The van der Waals surface area contributed by atoms with Gasteiger partial charge in [0, 0.05) is 62.7 Å². The number of rotatable bonds is 4. The molecule has 7 heteroatoms. The van der Waals surface area contributed by atoms with Crippen molar-refractivity contribution >= 4 is 17.1 Å². The summed E-state index contributed by atoms with van der Waals surface area (Å²) in [7, 11) is 9.35. The smallest absolute Gasteiger partial charge is 0.253 e. The highest BCUT2D eigenvalue weighted by molar-refractivity contribution is 5.96. The molecule has 1 amide bonds. The number of ether oxygens (including phenoxy) is 1. The minimum Gasteiger partial charge on any atom is -0.496 e. The summed E-state index contributed by atoms with van der Waals surface area (Å²) in [6, 6.07) is 12.0. The van der Waals surface area contributed by atoms with Gasteiger partial charge in [-0.25, -0.2) is 9.97 Å². The van der Waals surface area contributed by atoms with Gasteiger partial charge in [-0.1, -0.05) is 12.1 Å². The molecule has 2 aromatic carbocycles. The van der Waals surface area contributed by atoms with Gasteiger partial charge in [-0.05, 0) is 48.9 Å². The molecule has 1 aliphatic heterocycles. The molecule has 0 N–H and O–H groups in total. The molecular formula is C27H29N5O2. The maximum absolute atomic E-state index is 12.3. The van der Waals surface area contributed by atoms with Gasteiger partial charge < -0.3 is 19.1 Å². The Kier molecular flexibility index (Phi) is 5.57. The third-order valence-corrected chi connectivity index (χ3v) is 6.52. The number of likely N-dealkylation sites (N-methyl/N-ethyl adjacent to an activating group) is 1. The van der Waals surface area contributed by atoms with Crippen LogP contribution in [0.1, 0.15) is 21.5 Å². The summed E-state index contributed by atoms with van der Waals surface area (Å²) < 4.78 is 7.73. The molecular weight excluding hydrogens is 426 g/mol. The summed E-state index contributed by atoms with van der Waals surface area (Å²) in [5, 5.41) is 0. The third kappa shape index (κ3) is 3.82. The van der Waals surface area contributed by atoms with E-state index in [1.54, 1.807) is 26.1 Å². The lowest BCUT2D eigenvalue weighted by Gasteiger charge is -2.27. The fourth-order valence-electron chi connectivity index (χ4n) is 4.63. The van der Waals surface area contributed by atoms with Crippen LogP contribution in [0.4, 0.5) is 0 Å². The van der Waals surface area contributed by atoms with Crippen LogP contribution in [0.2, 0.25) is 0 Å². The van der Waals surface area contributed by atoms with Gasteiger partial charge in [-0.2, -0.15) is 0 Å². The molecule has 3 heterocycles. The number of methoxy groups -OCH3 is 1. The molecule has 4 aromatic rings. The number of nitrogens with zero attached hydrogens (tertiary/aromatic N) is 5. The normalized spacial score (nSPS) is 13.7. The second kappa shape index (κ2) is 8.57. The van der Waals surface area contributed by atoms with Gasteiger partial charge in [0.05, 0.1) is 19.0 Å². The Morgan fingerprint density at radius 1 is 1.09 bits per heavy atom. The first-order valence-corrected chi connectivity index (χ1v) is 11.4. The van der Waals surface area contributed by atoms with E-state index < -0.39 is 0 Å². The fourth-order valence-corrected chi connectivity index (χ4v) is 4.63. The third-order valence-electron chi connectivity index (χ3n) is 6.52. The molecule has 0 atom stereocenters. The number of hydrogen-bond donors (Lipinski definition) is 0. The van der Waals surface area contributed by atoms with E-state index in [0.717, 1.165) is 58.8 Å². The molecule has 34 heavy (non-hydrogen) atoms. The van der Waals surface area contributed by atoms with Crippen molar-refractivity contribution in [2.24, 2.45) is 7.05 Å². The first-order valence-electron chi connectivity index (χ1n) is 11.4. The summed E-state index contributed by atoms with van der Waals surface area (Å²) in [6.45, 7) is 1.91. The van der Waals surface area contributed by atoms with Crippen LogP contribution >= 0.6 is 0 Å². The van der Waals surface area contributed by atoms with Crippen molar-refractivity contribution in [1.29, 1.82) is 0 Å². The van der Waals surface area contributed by atoms with Gasteiger partial charge in [0.15, 0.2) is 5.65 Å². The van der Waals surface area contributed by atoms with E-state index >= 15 is 0 Å². The van der Waals surface area contributed by atoms with Crippen molar-refractivity contribution in [2.45, 2.75) is 13.0 Å². The number of aryl methyl sites for hydroxylation is 1. The van der Waals surface area contributed by atoms with E-state index in [1.165, 1.54) is 11.1 Å². The van der Waals surface area contributed by atoms with Crippen molar-refractivity contribution in [3.63, 3.8) is 0 Å².